The van der Waals surface area contributed by atoms with E-state index in [-0.39, 0.29) is 17.9 Å². The fourth-order valence-electron chi connectivity index (χ4n) is 3.86. The minimum Gasteiger partial charge on any atom is -0.507 e. The van der Waals surface area contributed by atoms with Gasteiger partial charge in [0.1, 0.15) is 17.3 Å². The van der Waals surface area contributed by atoms with Gasteiger partial charge >= 0.3 is 0 Å². The molecule has 1 aliphatic rings. The normalized spacial score (nSPS) is 17.7. The van der Waals surface area contributed by atoms with Crippen LogP contribution in [0.25, 0.3) is 5.76 Å². The highest BCUT2D eigenvalue weighted by Gasteiger charge is 2.46. The highest BCUT2D eigenvalue weighted by Crippen LogP contribution is 2.41. The molecule has 1 aromatic heterocycles. The molecule has 0 radical (unpaired) electrons. The molecular formula is C25H22ClNO5. The lowest BCUT2D eigenvalue weighted by atomic mass is 9.94. The Labute approximate surface area is 190 Å². The second-order valence-electron chi connectivity index (χ2n) is 7.45. The molecule has 3 aromatic rings. The summed E-state index contributed by atoms with van der Waals surface area (Å²) in [5.74, 6) is -0.856. The summed E-state index contributed by atoms with van der Waals surface area (Å²) < 4.78 is 10.6. The Morgan fingerprint density at radius 3 is 2.53 bits per heavy atom. The van der Waals surface area contributed by atoms with Crippen LogP contribution in [0.3, 0.4) is 0 Å². The number of amides is 1. The van der Waals surface area contributed by atoms with Crippen LogP contribution in [-0.2, 0) is 22.6 Å². The molecule has 0 aliphatic carbocycles. The summed E-state index contributed by atoms with van der Waals surface area (Å²) in [6.45, 7) is 2.14. The van der Waals surface area contributed by atoms with Gasteiger partial charge in [0.15, 0.2) is 0 Å². The molecule has 1 saturated heterocycles. The van der Waals surface area contributed by atoms with Gasteiger partial charge in [-0.15, -0.1) is 0 Å². The summed E-state index contributed by atoms with van der Waals surface area (Å²) in [7, 11) is 1.46. The van der Waals surface area contributed by atoms with Crippen molar-refractivity contribution in [2.75, 3.05) is 7.11 Å². The first-order valence-corrected chi connectivity index (χ1v) is 10.6. The number of hydrogen-bond acceptors (Lipinski definition) is 5. The van der Waals surface area contributed by atoms with Crippen molar-refractivity contribution in [1.29, 1.82) is 0 Å². The number of methoxy groups -OCH3 is 1. The molecule has 0 bridgehead atoms. The number of aryl methyl sites for hydroxylation is 1. The quantitative estimate of drug-likeness (QED) is 0.319. The van der Waals surface area contributed by atoms with Crippen LogP contribution in [0.5, 0.6) is 5.75 Å². The molecule has 1 atom stereocenters. The fraction of sp³-hybridized carbons (Fsp3) is 0.200. The fourth-order valence-corrected chi connectivity index (χ4v) is 4.05. The van der Waals surface area contributed by atoms with Crippen molar-refractivity contribution in [3.63, 3.8) is 0 Å². The number of ether oxygens (including phenoxy) is 1. The van der Waals surface area contributed by atoms with Gasteiger partial charge < -0.3 is 19.2 Å². The molecule has 32 heavy (non-hydrogen) atoms. The maximum atomic E-state index is 13.1. The number of rotatable bonds is 6. The maximum absolute atomic E-state index is 13.1. The molecule has 1 aliphatic heterocycles. The van der Waals surface area contributed by atoms with Gasteiger partial charge in [-0.05, 0) is 47.9 Å². The zero-order chi connectivity index (χ0) is 22.8. The molecule has 0 spiro atoms. The van der Waals surface area contributed by atoms with Gasteiger partial charge in [0.25, 0.3) is 11.7 Å². The lowest BCUT2D eigenvalue weighted by Gasteiger charge is -2.24. The van der Waals surface area contributed by atoms with Crippen LogP contribution in [-0.4, -0.2) is 28.8 Å². The monoisotopic (exact) mass is 451 g/mol. The number of carbonyl (C=O) groups excluding carboxylic acids is 2. The van der Waals surface area contributed by atoms with Crippen LogP contribution >= 0.6 is 11.6 Å². The number of ketones is 1. The predicted molar refractivity (Wildman–Crippen MR) is 120 cm³/mol. The largest absolute Gasteiger partial charge is 0.507 e. The molecule has 1 amide bonds. The van der Waals surface area contributed by atoms with E-state index in [1.54, 1.807) is 24.3 Å². The summed E-state index contributed by atoms with van der Waals surface area (Å²) >= 11 is 6.11. The van der Waals surface area contributed by atoms with Crippen molar-refractivity contribution in [2.45, 2.75) is 25.9 Å². The zero-order valence-corrected chi connectivity index (χ0v) is 18.4. The van der Waals surface area contributed by atoms with Crippen molar-refractivity contribution in [2.24, 2.45) is 0 Å². The van der Waals surface area contributed by atoms with E-state index in [0.717, 1.165) is 17.5 Å². The Balaban J connectivity index is 1.86. The van der Waals surface area contributed by atoms with Gasteiger partial charge in [-0.25, -0.2) is 0 Å². The van der Waals surface area contributed by atoms with E-state index in [4.69, 9.17) is 20.8 Å². The predicted octanol–water partition coefficient (Wildman–Crippen LogP) is 5.13. The molecule has 2 heterocycles. The van der Waals surface area contributed by atoms with Gasteiger partial charge in [0.05, 0.1) is 36.6 Å². The summed E-state index contributed by atoms with van der Waals surface area (Å²) in [5, 5.41) is 11.5. The molecule has 7 heteroatoms. The number of nitrogens with zero attached hydrogens (tertiary/aromatic N) is 1. The highest BCUT2D eigenvalue weighted by atomic mass is 35.5. The van der Waals surface area contributed by atoms with E-state index in [0.29, 0.717) is 22.1 Å². The van der Waals surface area contributed by atoms with Crippen molar-refractivity contribution >= 4 is 29.1 Å². The summed E-state index contributed by atoms with van der Waals surface area (Å²) in [6, 6.07) is 15.0. The third kappa shape index (κ3) is 3.89. The summed E-state index contributed by atoms with van der Waals surface area (Å²) in [4.78, 5) is 27.5. The molecular weight excluding hydrogens is 430 g/mol. The molecule has 4 rings (SSSR count). The first-order valence-electron chi connectivity index (χ1n) is 10.2. The number of Topliss-reactive ketones (excluding diaryl/α,β-unsaturated/α-hetero) is 1. The number of likely N-dealkylation sites (tertiary alicyclic amines) is 1. The average molecular weight is 452 g/mol. The van der Waals surface area contributed by atoms with Crippen molar-refractivity contribution in [1.82, 2.24) is 4.90 Å². The van der Waals surface area contributed by atoms with Gasteiger partial charge in [0, 0.05) is 5.56 Å². The molecule has 1 N–H and O–H groups in total. The van der Waals surface area contributed by atoms with Gasteiger partial charge in [0.2, 0.25) is 0 Å². The summed E-state index contributed by atoms with van der Waals surface area (Å²) in [5.41, 5.74) is 2.18. The van der Waals surface area contributed by atoms with Gasteiger partial charge in [-0.3, -0.25) is 9.59 Å². The number of carbonyl (C=O) groups is 2. The van der Waals surface area contributed by atoms with E-state index >= 15 is 0 Å². The Hall–Kier alpha value is -3.51. The molecule has 6 nitrogen and oxygen atoms in total. The number of furan rings is 1. The summed E-state index contributed by atoms with van der Waals surface area (Å²) in [6.07, 6.45) is 2.37. The van der Waals surface area contributed by atoms with Crippen molar-refractivity contribution < 1.29 is 23.8 Å². The average Bonchev–Trinajstić information content (AvgIpc) is 3.41. The molecule has 164 valence electrons. The number of hydrogen-bond donors (Lipinski definition) is 1. The zero-order valence-electron chi connectivity index (χ0n) is 17.7. The van der Waals surface area contributed by atoms with Gasteiger partial charge in [-0.1, -0.05) is 42.8 Å². The standard InChI is InChI=1S/C25H22ClNO5/c1-3-15-6-8-16(9-7-15)22-21(23(28)17-10-11-19(26)20(13-17)31-2)24(29)25(30)27(22)14-18-5-4-12-32-18/h4-13,22,28H,3,14H2,1-2H3/b23-21-. The second-order valence-corrected chi connectivity index (χ2v) is 7.86. The topological polar surface area (TPSA) is 80.0 Å². The minimum absolute atomic E-state index is 0.00943. The number of benzene rings is 2. The SMILES string of the molecule is CCc1ccc(C2/C(=C(/O)c3ccc(Cl)c(OC)c3)C(=O)C(=O)N2Cc2ccco2)cc1. The van der Waals surface area contributed by atoms with Crippen molar-refractivity contribution in [3.05, 3.63) is 93.9 Å². The van der Waals surface area contributed by atoms with Crippen LogP contribution < -0.4 is 4.74 Å². The van der Waals surface area contributed by atoms with Crippen LogP contribution in [0, 0.1) is 0 Å². The Morgan fingerprint density at radius 2 is 1.91 bits per heavy atom. The van der Waals surface area contributed by atoms with Crippen LogP contribution in [0.2, 0.25) is 5.02 Å². The Kier molecular flexibility index (Phi) is 6.06. The lowest BCUT2D eigenvalue weighted by Crippen LogP contribution is -2.29. The van der Waals surface area contributed by atoms with E-state index in [1.807, 2.05) is 31.2 Å². The molecule has 0 saturated carbocycles. The lowest BCUT2D eigenvalue weighted by molar-refractivity contribution is -0.140. The highest BCUT2D eigenvalue weighted by molar-refractivity contribution is 6.46. The molecule has 2 aromatic carbocycles. The number of aliphatic hydroxyl groups is 1. The minimum atomic E-state index is -0.771. The maximum Gasteiger partial charge on any atom is 0.296 e. The first kappa shape index (κ1) is 21.7. The van der Waals surface area contributed by atoms with E-state index in [1.165, 1.54) is 24.3 Å². The van der Waals surface area contributed by atoms with Gasteiger partial charge in [-0.2, -0.15) is 0 Å². The molecule has 1 unspecified atom stereocenters. The van der Waals surface area contributed by atoms with Crippen LogP contribution in [0.1, 0.15) is 35.4 Å². The van der Waals surface area contributed by atoms with E-state index in [9.17, 15) is 14.7 Å². The second kappa shape index (κ2) is 8.93. The number of aliphatic hydroxyl groups excluding tert-OH is 1. The van der Waals surface area contributed by atoms with E-state index in [2.05, 4.69) is 0 Å². The smallest absolute Gasteiger partial charge is 0.296 e. The van der Waals surface area contributed by atoms with Crippen LogP contribution in [0.15, 0.2) is 70.9 Å². The molecule has 1 fully saturated rings. The Bertz CT molecular complexity index is 1180. The Morgan fingerprint density at radius 1 is 1.16 bits per heavy atom. The van der Waals surface area contributed by atoms with Crippen LogP contribution in [0.4, 0.5) is 0 Å². The number of halogens is 1. The first-order chi connectivity index (χ1) is 15.4. The third-order valence-electron chi connectivity index (χ3n) is 5.57. The van der Waals surface area contributed by atoms with Crippen molar-refractivity contribution in [3.8, 4) is 5.75 Å². The third-order valence-corrected chi connectivity index (χ3v) is 5.89. The van der Waals surface area contributed by atoms with E-state index < -0.39 is 17.7 Å².